The van der Waals surface area contributed by atoms with Gasteiger partial charge in [0.1, 0.15) is 5.82 Å². The molecule has 1 amide bonds. The topological polar surface area (TPSA) is 72.7 Å². The lowest BCUT2D eigenvalue weighted by molar-refractivity contribution is 0.102. The van der Waals surface area contributed by atoms with Gasteiger partial charge in [-0.1, -0.05) is 64.5 Å². The fourth-order valence-electron chi connectivity index (χ4n) is 2.72. The smallest absolute Gasteiger partial charge is 0.259 e. The standard InChI is InChI=1S/C21H16BrN5O/c22-18-9-5-4-8-16(18)14-27-19(10-11-25-27)26-21(28)17-12-23-20(24-13-17)15-6-2-1-3-7-15/h1-13H,14H2,(H,26,28). The summed E-state index contributed by atoms with van der Waals surface area (Å²) in [7, 11) is 0. The van der Waals surface area contributed by atoms with E-state index in [1.807, 2.05) is 54.6 Å². The highest BCUT2D eigenvalue weighted by Crippen LogP contribution is 2.19. The van der Waals surface area contributed by atoms with E-state index in [4.69, 9.17) is 0 Å². The van der Waals surface area contributed by atoms with Gasteiger partial charge in [0.2, 0.25) is 0 Å². The van der Waals surface area contributed by atoms with Crippen LogP contribution in [0.1, 0.15) is 15.9 Å². The molecule has 0 aliphatic rings. The SMILES string of the molecule is O=C(Nc1ccnn1Cc1ccccc1Br)c1cnc(-c2ccccc2)nc1. The lowest BCUT2D eigenvalue weighted by Crippen LogP contribution is -2.17. The number of nitrogens with one attached hydrogen (secondary N) is 1. The van der Waals surface area contributed by atoms with Crippen molar-refractivity contribution in [3.05, 3.63) is 94.9 Å². The maximum Gasteiger partial charge on any atom is 0.259 e. The van der Waals surface area contributed by atoms with Crippen molar-refractivity contribution < 1.29 is 4.79 Å². The van der Waals surface area contributed by atoms with Crippen molar-refractivity contribution in [1.82, 2.24) is 19.7 Å². The average molecular weight is 434 g/mol. The number of amides is 1. The summed E-state index contributed by atoms with van der Waals surface area (Å²) < 4.78 is 2.73. The van der Waals surface area contributed by atoms with Crippen LogP contribution >= 0.6 is 15.9 Å². The van der Waals surface area contributed by atoms with E-state index < -0.39 is 0 Å². The summed E-state index contributed by atoms with van der Waals surface area (Å²) in [6.45, 7) is 0.535. The van der Waals surface area contributed by atoms with Gasteiger partial charge in [-0.2, -0.15) is 5.10 Å². The van der Waals surface area contributed by atoms with E-state index in [-0.39, 0.29) is 5.91 Å². The summed E-state index contributed by atoms with van der Waals surface area (Å²) in [6, 6.07) is 19.3. The number of benzene rings is 2. The number of aromatic nitrogens is 4. The van der Waals surface area contributed by atoms with Crippen LogP contribution in [0.15, 0.2) is 83.7 Å². The van der Waals surface area contributed by atoms with Crippen molar-refractivity contribution in [2.45, 2.75) is 6.54 Å². The zero-order chi connectivity index (χ0) is 19.3. The van der Waals surface area contributed by atoms with E-state index in [1.54, 1.807) is 16.9 Å². The maximum absolute atomic E-state index is 12.6. The summed E-state index contributed by atoms with van der Waals surface area (Å²) in [5.41, 5.74) is 2.35. The number of carbonyl (C=O) groups is 1. The van der Waals surface area contributed by atoms with Crippen molar-refractivity contribution in [2.75, 3.05) is 5.32 Å². The Kier molecular flexibility index (Phi) is 5.25. The molecule has 0 fully saturated rings. The molecule has 0 saturated heterocycles. The first-order valence-electron chi connectivity index (χ1n) is 8.65. The molecule has 138 valence electrons. The van der Waals surface area contributed by atoms with Gasteiger partial charge in [0.25, 0.3) is 5.91 Å². The lowest BCUT2D eigenvalue weighted by Gasteiger charge is -2.10. The molecule has 6 nitrogen and oxygen atoms in total. The van der Waals surface area contributed by atoms with Crippen LogP contribution in [-0.4, -0.2) is 25.7 Å². The molecule has 4 rings (SSSR count). The number of hydrogen-bond donors (Lipinski definition) is 1. The van der Waals surface area contributed by atoms with Gasteiger partial charge in [-0.25, -0.2) is 14.6 Å². The third-order valence-corrected chi connectivity index (χ3v) is 4.96. The van der Waals surface area contributed by atoms with Crippen LogP contribution in [0.3, 0.4) is 0 Å². The predicted molar refractivity (Wildman–Crippen MR) is 111 cm³/mol. The van der Waals surface area contributed by atoms with Crippen LogP contribution < -0.4 is 5.32 Å². The number of nitrogens with zero attached hydrogens (tertiary/aromatic N) is 4. The van der Waals surface area contributed by atoms with E-state index in [1.165, 1.54) is 12.4 Å². The summed E-state index contributed by atoms with van der Waals surface area (Å²) in [5, 5.41) is 7.17. The number of halogens is 1. The Balaban J connectivity index is 1.49. The Bertz CT molecular complexity index is 1090. The lowest BCUT2D eigenvalue weighted by atomic mass is 10.2. The van der Waals surface area contributed by atoms with Gasteiger partial charge in [0.05, 0.1) is 18.3 Å². The van der Waals surface area contributed by atoms with Crippen LogP contribution in [0.4, 0.5) is 5.82 Å². The largest absolute Gasteiger partial charge is 0.307 e. The van der Waals surface area contributed by atoms with E-state index in [0.29, 0.717) is 23.8 Å². The van der Waals surface area contributed by atoms with Crippen molar-refractivity contribution in [2.24, 2.45) is 0 Å². The second kappa shape index (κ2) is 8.14. The molecular formula is C21H16BrN5O. The molecule has 0 bridgehead atoms. The van der Waals surface area contributed by atoms with Crippen LogP contribution in [0, 0.1) is 0 Å². The van der Waals surface area contributed by atoms with Gasteiger partial charge in [-0.15, -0.1) is 0 Å². The van der Waals surface area contributed by atoms with Crippen molar-refractivity contribution in [3.8, 4) is 11.4 Å². The number of carbonyl (C=O) groups excluding carboxylic acids is 1. The molecule has 28 heavy (non-hydrogen) atoms. The minimum Gasteiger partial charge on any atom is -0.307 e. The highest BCUT2D eigenvalue weighted by Gasteiger charge is 2.12. The number of hydrogen-bond acceptors (Lipinski definition) is 4. The molecule has 1 N–H and O–H groups in total. The first-order chi connectivity index (χ1) is 13.7. The quantitative estimate of drug-likeness (QED) is 0.505. The molecule has 2 aromatic carbocycles. The normalized spacial score (nSPS) is 10.6. The molecule has 0 atom stereocenters. The molecule has 0 aliphatic carbocycles. The molecule has 2 aromatic heterocycles. The molecule has 0 saturated carbocycles. The third kappa shape index (κ3) is 3.99. The summed E-state index contributed by atoms with van der Waals surface area (Å²) in [5.74, 6) is 0.900. The van der Waals surface area contributed by atoms with Gasteiger partial charge in [-0.05, 0) is 11.6 Å². The van der Waals surface area contributed by atoms with Crippen molar-refractivity contribution in [1.29, 1.82) is 0 Å². The van der Waals surface area contributed by atoms with Crippen LogP contribution in [-0.2, 0) is 6.54 Å². The Morgan fingerprint density at radius 2 is 1.68 bits per heavy atom. The second-order valence-electron chi connectivity index (χ2n) is 6.08. The Labute approximate surface area is 170 Å². The molecule has 0 aliphatic heterocycles. The van der Waals surface area contributed by atoms with Gasteiger partial charge in [0.15, 0.2) is 5.82 Å². The minimum atomic E-state index is -0.284. The van der Waals surface area contributed by atoms with Gasteiger partial charge < -0.3 is 5.32 Å². The van der Waals surface area contributed by atoms with E-state index in [9.17, 15) is 4.79 Å². The molecule has 0 unspecified atom stereocenters. The molecular weight excluding hydrogens is 418 g/mol. The monoisotopic (exact) mass is 433 g/mol. The zero-order valence-corrected chi connectivity index (χ0v) is 16.4. The maximum atomic E-state index is 12.6. The molecule has 0 spiro atoms. The van der Waals surface area contributed by atoms with E-state index in [2.05, 4.69) is 36.3 Å². The summed E-state index contributed by atoms with van der Waals surface area (Å²) in [6.07, 6.45) is 4.71. The Morgan fingerprint density at radius 3 is 2.43 bits per heavy atom. The van der Waals surface area contributed by atoms with Crippen LogP contribution in [0.5, 0.6) is 0 Å². The first kappa shape index (κ1) is 18.1. The third-order valence-electron chi connectivity index (χ3n) is 4.18. The Hall–Kier alpha value is -3.32. The van der Waals surface area contributed by atoms with Crippen molar-refractivity contribution >= 4 is 27.7 Å². The highest BCUT2D eigenvalue weighted by molar-refractivity contribution is 9.10. The fraction of sp³-hybridized carbons (Fsp3) is 0.0476. The number of anilines is 1. The average Bonchev–Trinajstić information content (AvgIpc) is 3.17. The van der Waals surface area contributed by atoms with Gasteiger partial charge in [-0.3, -0.25) is 4.79 Å². The van der Waals surface area contributed by atoms with Gasteiger partial charge in [0, 0.05) is 28.5 Å². The minimum absolute atomic E-state index is 0.284. The van der Waals surface area contributed by atoms with Crippen molar-refractivity contribution in [3.63, 3.8) is 0 Å². The Morgan fingerprint density at radius 1 is 0.964 bits per heavy atom. The van der Waals surface area contributed by atoms with Crippen LogP contribution in [0.25, 0.3) is 11.4 Å². The highest BCUT2D eigenvalue weighted by atomic mass is 79.9. The van der Waals surface area contributed by atoms with Crippen LogP contribution in [0.2, 0.25) is 0 Å². The molecule has 2 heterocycles. The molecule has 0 radical (unpaired) electrons. The second-order valence-corrected chi connectivity index (χ2v) is 6.94. The predicted octanol–water partition coefficient (Wildman–Crippen LogP) is 4.40. The summed E-state index contributed by atoms with van der Waals surface area (Å²) in [4.78, 5) is 21.2. The van der Waals surface area contributed by atoms with Gasteiger partial charge >= 0.3 is 0 Å². The fourth-order valence-corrected chi connectivity index (χ4v) is 3.13. The first-order valence-corrected chi connectivity index (χ1v) is 9.44. The summed E-state index contributed by atoms with van der Waals surface area (Å²) >= 11 is 3.54. The molecule has 4 aromatic rings. The van der Waals surface area contributed by atoms with E-state index >= 15 is 0 Å². The van der Waals surface area contributed by atoms with E-state index in [0.717, 1.165) is 15.6 Å². The molecule has 7 heteroatoms. The zero-order valence-electron chi connectivity index (χ0n) is 14.8. The number of rotatable bonds is 5.